The van der Waals surface area contributed by atoms with Gasteiger partial charge in [0.25, 0.3) is 0 Å². The van der Waals surface area contributed by atoms with Crippen LogP contribution in [0, 0.1) is 0 Å². The fourth-order valence-electron chi connectivity index (χ4n) is 2.84. The molecule has 0 saturated heterocycles. The monoisotopic (exact) mass is 411 g/mol. The third-order valence-corrected chi connectivity index (χ3v) is 6.28. The minimum Gasteiger partial charge on any atom is -0.361 e. The van der Waals surface area contributed by atoms with Crippen LogP contribution in [0.1, 0.15) is 18.5 Å². The Hall–Kier alpha value is -2.71. The molecular weight excluding hydrogens is 382 g/mol. The van der Waals surface area contributed by atoms with Gasteiger partial charge in [-0.05, 0) is 24.6 Å². The highest BCUT2D eigenvalue weighted by Crippen LogP contribution is 2.15. The summed E-state index contributed by atoms with van der Waals surface area (Å²) in [5.74, 6) is 0.410. The smallest absolute Gasteiger partial charge is 0.320 e. The predicted molar refractivity (Wildman–Crippen MR) is 119 cm³/mol. The second-order valence-electron chi connectivity index (χ2n) is 8.33. The van der Waals surface area contributed by atoms with Crippen LogP contribution in [0.15, 0.2) is 48.8 Å². The van der Waals surface area contributed by atoms with Gasteiger partial charge in [-0.3, -0.25) is 5.32 Å². The standard InChI is InChI=1S/C21H29N5O2Si/c1-16(17-8-6-5-7-9-17)23-21(27)25-19-14-22-20-18(24-19)10-11-26(20)15-28-12-13-29(2,3)4/h5-11,14,16H,12-13,15H2,1-4H3,(H2,23,24,25,27). The first-order valence-corrected chi connectivity index (χ1v) is 13.5. The van der Waals surface area contributed by atoms with E-state index in [4.69, 9.17) is 4.74 Å². The van der Waals surface area contributed by atoms with E-state index in [1.165, 1.54) is 0 Å². The topological polar surface area (TPSA) is 81.1 Å². The summed E-state index contributed by atoms with van der Waals surface area (Å²) in [5.41, 5.74) is 2.49. The summed E-state index contributed by atoms with van der Waals surface area (Å²) in [6.07, 6.45) is 3.47. The van der Waals surface area contributed by atoms with Crippen molar-refractivity contribution in [3.63, 3.8) is 0 Å². The summed E-state index contributed by atoms with van der Waals surface area (Å²) in [6, 6.07) is 12.4. The van der Waals surface area contributed by atoms with E-state index in [0.717, 1.165) is 23.9 Å². The molecule has 0 saturated carbocycles. The second-order valence-corrected chi connectivity index (χ2v) is 13.9. The Morgan fingerprint density at radius 3 is 2.69 bits per heavy atom. The normalized spacial score (nSPS) is 12.7. The van der Waals surface area contributed by atoms with Crippen LogP contribution in [-0.2, 0) is 11.5 Å². The summed E-state index contributed by atoms with van der Waals surface area (Å²) in [4.78, 5) is 21.2. The van der Waals surface area contributed by atoms with Gasteiger partial charge in [0.05, 0.1) is 12.2 Å². The van der Waals surface area contributed by atoms with Crippen molar-refractivity contribution < 1.29 is 9.53 Å². The molecule has 0 fully saturated rings. The van der Waals surface area contributed by atoms with Gasteiger partial charge in [-0.2, -0.15) is 0 Å². The van der Waals surface area contributed by atoms with E-state index < -0.39 is 8.07 Å². The molecule has 0 spiro atoms. The summed E-state index contributed by atoms with van der Waals surface area (Å²) in [7, 11) is -1.10. The van der Waals surface area contributed by atoms with Crippen LogP contribution in [0.25, 0.3) is 11.2 Å². The Morgan fingerprint density at radius 2 is 1.97 bits per heavy atom. The molecular formula is C21H29N5O2Si. The quantitative estimate of drug-likeness (QED) is 0.418. The number of anilines is 1. The van der Waals surface area contributed by atoms with Gasteiger partial charge in [0, 0.05) is 20.9 Å². The van der Waals surface area contributed by atoms with E-state index in [1.807, 2.05) is 54.1 Å². The average Bonchev–Trinajstić information content (AvgIpc) is 3.07. The SMILES string of the molecule is CC(NC(=O)Nc1cnc2c(ccn2COCC[Si](C)(C)C)n1)c1ccccc1. The Kier molecular flexibility index (Phi) is 6.66. The lowest BCUT2D eigenvalue weighted by atomic mass is 10.1. The first kappa shape index (κ1) is 21.0. The molecule has 2 heterocycles. The van der Waals surface area contributed by atoms with Crippen molar-refractivity contribution >= 4 is 31.1 Å². The number of nitrogens with zero attached hydrogens (tertiary/aromatic N) is 3. The van der Waals surface area contributed by atoms with Crippen LogP contribution >= 0.6 is 0 Å². The van der Waals surface area contributed by atoms with Crippen LogP contribution in [-0.4, -0.2) is 35.2 Å². The van der Waals surface area contributed by atoms with E-state index in [9.17, 15) is 4.79 Å². The molecule has 8 heteroatoms. The zero-order valence-electron chi connectivity index (χ0n) is 17.5. The zero-order chi connectivity index (χ0) is 20.9. The summed E-state index contributed by atoms with van der Waals surface area (Å²) < 4.78 is 7.72. The highest BCUT2D eigenvalue weighted by molar-refractivity contribution is 6.76. The summed E-state index contributed by atoms with van der Waals surface area (Å²) in [6.45, 7) is 10.1. The number of carbonyl (C=O) groups excluding carboxylic acids is 1. The van der Waals surface area contributed by atoms with E-state index >= 15 is 0 Å². The number of hydrogen-bond acceptors (Lipinski definition) is 4. The number of nitrogens with one attached hydrogen (secondary N) is 2. The molecule has 0 bridgehead atoms. The van der Waals surface area contributed by atoms with Crippen molar-refractivity contribution in [2.45, 2.75) is 45.4 Å². The average molecular weight is 412 g/mol. The number of hydrogen-bond donors (Lipinski definition) is 2. The van der Waals surface area contributed by atoms with Crippen molar-refractivity contribution in [1.29, 1.82) is 0 Å². The van der Waals surface area contributed by atoms with Gasteiger partial charge < -0.3 is 14.6 Å². The Balaban J connectivity index is 1.56. The summed E-state index contributed by atoms with van der Waals surface area (Å²) in [5, 5.41) is 5.66. The van der Waals surface area contributed by atoms with Gasteiger partial charge in [0.2, 0.25) is 0 Å². The molecule has 0 aliphatic carbocycles. The molecule has 1 unspecified atom stereocenters. The van der Waals surface area contributed by atoms with Crippen LogP contribution in [0.3, 0.4) is 0 Å². The lowest BCUT2D eigenvalue weighted by molar-refractivity contribution is 0.0899. The Labute approximate surface area is 172 Å². The first-order valence-electron chi connectivity index (χ1n) is 9.84. The molecule has 0 aliphatic heterocycles. The fourth-order valence-corrected chi connectivity index (χ4v) is 3.60. The number of carbonyl (C=O) groups is 1. The molecule has 2 N–H and O–H groups in total. The van der Waals surface area contributed by atoms with Crippen LogP contribution in [0.5, 0.6) is 0 Å². The lowest BCUT2D eigenvalue weighted by Crippen LogP contribution is -2.31. The zero-order valence-corrected chi connectivity index (χ0v) is 18.5. The molecule has 154 valence electrons. The molecule has 0 aliphatic rings. The van der Waals surface area contributed by atoms with Crippen molar-refractivity contribution in [3.8, 4) is 0 Å². The fraction of sp³-hybridized carbons (Fsp3) is 0.381. The van der Waals surface area contributed by atoms with Crippen LogP contribution in [0.2, 0.25) is 25.7 Å². The highest BCUT2D eigenvalue weighted by atomic mass is 28.3. The van der Waals surface area contributed by atoms with Gasteiger partial charge in [-0.1, -0.05) is 50.0 Å². The summed E-state index contributed by atoms with van der Waals surface area (Å²) >= 11 is 0. The number of urea groups is 1. The number of aromatic nitrogens is 3. The van der Waals surface area contributed by atoms with Crippen molar-refractivity contribution in [2.75, 3.05) is 11.9 Å². The third-order valence-electron chi connectivity index (χ3n) is 4.58. The van der Waals surface area contributed by atoms with E-state index in [-0.39, 0.29) is 12.1 Å². The molecule has 3 aromatic rings. The van der Waals surface area contributed by atoms with E-state index in [2.05, 4.69) is 40.2 Å². The Bertz CT molecular complexity index is 953. The maximum absolute atomic E-state index is 12.3. The first-order chi connectivity index (χ1) is 13.8. The van der Waals surface area contributed by atoms with Crippen molar-refractivity contribution in [2.24, 2.45) is 0 Å². The molecule has 0 radical (unpaired) electrons. The number of rotatable bonds is 8. The van der Waals surface area contributed by atoms with Gasteiger partial charge in [0.15, 0.2) is 11.5 Å². The molecule has 1 atom stereocenters. The maximum Gasteiger partial charge on any atom is 0.320 e. The minimum atomic E-state index is -1.10. The molecule has 1 aromatic carbocycles. The molecule has 2 amide bonds. The molecule has 2 aromatic heterocycles. The highest BCUT2D eigenvalue weighted by Gasteiger charge is 2.13. The largest absolute Gasteiger partial charge is 0.361 e. The number of ether oxygens (including phenoxy) is 1. The lowest BCUT2D eigenvalue weighted by Gasteiger charge is -2.15. The van der Waals surface area contributed by atoms with Crippen LogP contribution < -0.4 is 10.6 Å². The molecule has 29 heavy (non-hydrogen) atoms. The van der Waals surface area contributed by atoms with Crippen molar-refractivity contribution in [1.82, 2.24) is 19.9 Å². The number of benzene rings is 1. The number of amides is 2. The van der Waals surface area contributed by atoms with E-state index in [1.54, 1.807) is 6.20 Å². The molecule has 3 rings (SSSR count). The Morgan fingerprint density at radius 1 is 1.21 bits per heavy atom. The third kappa shape index (κ3) is 6.13. The molecule has 7 nitrogen and oxygen atoms in total. The minimum absolute atomic E-state index is 0.109. The maximum atomic E-state index is 12.3. The predicted octanol–water partition coefficient (Wildman–Crippen LogP) is 4.63. The van der Waals surface area contributed by atoms with Crippen molar-refractivity contribution in [3.05, 3.63) is 54.4 Å². The number of fused-ring (bicyclic) bond motifs is 1. The van der Waals surface area contributed by atoms with Gasteiger partial charge in [-0.25, -0.2) is 14.8 Å². The van der Waals surface area contributed by atoms with Gasteiger partial charge in [0.1, 0.15) is 12.2 Å². The van der Waals surface area contributed by atoms with Crippen LogP contribution in [0.4, 0.5) is 10.6 Å². The van der Waals surface area contributed by atoms with Gasteiger partial charge in [-0.15, -0.1) is 0 Å². The van der Waals surface area contributed by atoms with E-state index in [0.29, 0.717) is 18.1 Å². The van der Waals surface area contributed by atoms with Gasteiger partial charge >= 0.3 is 6.03 Å². The second kappa shape index (κ2) is 9.19.